The van der Waals surface area contributed by atoms with E-state index < -0.39 is 0 Å². The topological polar surface area (TPSA) is 6.48 Å². The van der Waals surface area contributed by atoms with E-state index >= 15 is 0 Å². The molecule has 2 aliphatic heterocycles. The van der Waals surface area contributed by atoms with E-state index in [0.29, 0.717) is 6.04 Å². The number of nitrogens with zero attached hydrogens (tertiary/aromatic N) is 2. The summed E-state index contributed by atoms with van der Waals surface area (Å²) in [6.07, 6.45) is 12.4. The number of halogens is 1. The Morgan fingerprint density at radius 2 is 1.51 bits per heavy atom. The second-order valence-electron chi connectivity index (χ2n) is 12.3. The fraction of sp³-hybridized carbons (Fsp3) is 0.412. The molecule has 2 nitrogen and oxygen atoms in total. The summed E-state index contributed by atoms with van der Waals surface area (Å²) in [5.41, 5.74) is 11.9. The Balaban J connectivity index is 1.43. The highest BCUT2D eigenvalue weighted by Gasteiger charge is 2.41. The lowest BCUT2D eigenvalue weighted by molar-refractivity contribution is 0.487. The maximum absolute atomic E-state index is 7.06. The molecular formula is C34H41ClN2. The van der Waals surface area contributed by atoms with Crippen LogP contribution >= 0.6 is 11.6 Å². The van der Waals surface area contributed by atoms with E-state index in [1.165, 1.54) is 50.5 Å². The number of hydrogen-bond acceptors (Lipinski definition) is 2. The summed E-state index contributed by atoms with van der Waals surface area (Å²) < 4.78 is 0. The number of rotatable bonds is 3. The minimum atomic E-state index is -0.0350. The predicted molar refractivity (Wildman–Crippen MR) is 161 cm³/mol. The number of allylic oxidation sites excluding steroid dienone is 7. The summed E-state index contributed by atoms with van der Waals surface area (Å²) in [6.45, 7) is 13.7. The molecule has 1 unspecified atom stereocenters. The van der Waals surface area contributed by atoms with Crippen molar-refractivity contribution in [1.29, 1.82) is 0 Å². The first-order valence-electron chi connectivity index (χ1n) is 13.6. The SMILES string of the molecule is Cc1ccc2c(c1)C(C)(C)C(=CC=C1CCCC(C=CC3N(C)c4ccc(C)cc4C3(C)C)=C1Cl)N2C. The van der Waals surface area contributed by atoms with Crippen molar-refractivity contribution in [2.45, 2.75) is 77.7 Å². The van der Waals surface area contributed by atoms with Gasteiger partial charge in [0.25, 0.3) is 0 Å². The van der Waals surface area contributed by atoms with Gasteiger partial charge in [-0.25, -0.2) is 0 Å². The molecule has 0 aromatic heterocycles. The van der Waals surface area contributed by atoms with E-state index in [1.54, 1.807) is 0 Å². The van der Waals surface area contributed by atoms with Crippen LogP contribution in [0.4, 0.5) is 11.4 Å². The molecule has 3 heteroatoms. The molecule has 37 heavy (non-hydrogen) atoms. The molecule has 2 aromatic rings. The first kappa shape index (κ1) is 25.9. The lowest BCUT2D eigenvalue weighted by atomic mass is 9.79. The van der Waals surface area contributed by atoms with Crippen LogP contribution in [-0.2, 0) is 10.8 Å². The maximum atomic E-state index is 7.06. The van der Waals surface area contributed by atoms with Crippen LogP contribution in [0.5, 0.6) is 0 Å². The molecule has 0 fully saturated rings. The molecule has 0 spiro atoms. The van der Waals surface area contributed by atoms with Gasteiger partial charge < -0.3 is 9.80 Å². The largest absolute Gasteiger partial charge is 0.367 e. The molecule has 1 aliphatic carbocycles. The summed E-state index contributed by atoms with van der Waals surface area (Å²) >= 11 is 7.06. The van der Waals surface area contributed by atoms with E-state index in [4.69, 9.17) is 11.6 Å². The minimum absolute atomic E-state index is 0.0350. The first-order valence-corrected chi connectivity index (χ1v) is 14.0. The summed E-state index contributed by atoms with van der Waals surface area (Å²) in [5, 5.41) is 0.929. The van der Waals surface area contributed by atoms with Gasteiger partial charge in [0.05, 0.1) is 6.04 Å². The quantitative estimate of drug-likeness (QED) is 0.405. The van der Waals surface area contributed by atoms with Gasteiger partial charge in [0.15, 0.2) is 0 Å². The third-order valence-corrected chi connectivity index (χ3v) is 9.44. The molecule has 2 aromatic carbocycles. The molecule has 3 aliphatic rings. The second kappa shape index (κ2) is 9.24. The fourth-order valence-electron chi connectivity index (χ4n) is 6.68. The Bertz CT molecular complexity index is 1370. The van der Waals surface area contributed by atoms with Crippen LogP contribution in [0, 0.1) is 13.8 Å². The van der Waals surface area contributed by atoms with Gasteiger partial charge in [0.1, 0.15) is 0 Å². The number of likely N-dealkylation sites (N-methyl/N-ethyl adjacent to an activating group) is 2. The minimum Gasteiger partial charge on any atom is -0.367 e. The molecule has 194 valence electrons. The molecular weight excluding hydrogens is 472 g/mol. The van der Waals surface area contributed by atoms with Crippen molar-refractivity contribution in [2.75, 3.05) is 23.9 Å². The molecule has 0 saturated carbocycles. The average Bonchev–Trinajstić information content (AvgIpc) is 3.15. The molecule has 0 amide bonds. The Hall–Kier alpha value is -2.71. The Morgan fingerprint density at radius 1 is 0.865 bits per heavy atom. The maximum Gasteiger partial charge on any atom is 0.0565 e. The Morgan fingerprint density at radius 3 is 2.22 bits per heavy atom. The molecule has 0 radical (unpaired) electrons. The lowest BCUT2D eigenvalue weighted by Crippen LogP contribution is -2.37. The monoisotopic (exact) mass is 512 g/mol. The molecule has 2 heterocycles. The van der Waals surface area contributed by atoms with Crippen LogP contribution in [0.1, 0.15) is 69.2 Å². The van der Waals surface area contributed by atoms with Crippen LogP contribution < -0.4 is 9.80 Å². The number of hydrogen-bond donors (Lipinski definition) is 0. The summed E-state index contributed by atoms with van der Waals surface area (Å²) in [7, 11) is 4.39. The van der Waals surface area contributed by atoms with E-state index in [2.05, 4.69) is 126 Å². The third kappa shape index (κ3) is 4.28. The van der Waals surface area contributed by atoms with Gasteiger partial charge in [0, 0.05) is 47.0 Å². The first-order chi connectivity index (χ1) is 17.4. The van der Waals surface area contributed by atoms with Gasteiger partial charge in [-0.1, -0.05) is 92.9 Å². The zero-order chi connectivity index (χ0) is 26.7. The van der Waals surface area contributed by atoms with Crippen LogP contribution in [-0.4, -0.2) is 20.1 Å². The molecule has 0 bridgehead atoms. The zero-order valence-electron chi connectivity index (χ0n) is 23.7. The lowest BCUT2D eigenvalue weighted by Gasteiger charge is -2.30. The van der Waals surface area contributed by atoms with Crippen molar-refractivity contribution in [2.24, 2.45) is 0 Å². The highest BCUT2D eigenvalue weighted by molar-refractivity contribution is 6.32. The second-order valence-corrected chi connectivity index (χ2v) is 12.7. The Kier molecular flexibility index (Phi) is 6.47. The van der Waals surface area contributed by atoms with Crippen molar-refractivity contribution in [3.8, 4) is 0 Å². The van der Waals surface area contributed by atoms with E-state index in [9.17, 15) is 0 Å². The van der Waals surface area contributed by atoms with Gasteiger partial charge in [-0.15, -0.1) is 0 Å². The number of aryl methyl sites for hydroxylation is 2. The normalized spacial score (nSPS) is 24.5. The average molecular weight is 513 g/mol. The predicted octanol–water partition coefficient (Wildman–Crippen LogP) is 8.87. The van der Waals surface area contributed by atoms with Crippen LogP contribution in [0.25, 0.3) is 0 Å². The van der Waals surface area contributed by atoms with Crippen molar-refractivity contribution < 1.29 is 0 Å². The van der Waals surface area contributed by atoms with Gasteiger partial charge >= 0.3 is 0 Å². The summed E-state index contributed by atoms with van der Waals surface area (Å²) in [4.78, 5) is 4.76. The highest BCUT2D eigenvalue weighted by atomic mass is 35.5. The van der Waals surface area contributed by atoms with Crippen LogP contribution in [0.3, 0.4) is 0 Å². The van der Waals surface area contributed by atoms with Gasteiger partial charge in [-0.2, -0.15) is 0 Å². The summed E-state index contributed by atoms with van der Waals surface area (Å²) in [6, 6.07) is 13.9. The fourth-order valence-corrected chi connectivity index (χ4v) is 7.00. The molecule has 1 atom stereocenters. The highest BCUT2D eigenvalue weighted by Crippen LogP contribution is 2.48. The van der Waals surface area contributed by atoms with Crippen molar-refractivity contribution >= 4 is 23.0 Å². The number of fused-ring (bicyclic) bond motifs is 2. The Labute approximate surface area is 229 Å². The summed E-state index contributed by atoms with van der Waals surface area (Å²) in [5.74, 6) is 0. The van der Waals surface area contributed by atoms with Gasteiger partial charge in [0.2, 0.25) is 0 Å². The molecule has 0 saturated heterocycles. The molecule has 0 N–H and O–H groups in total. The number of benzene rings is 2. The molecule has 5 rings (SSSR count). The van der Waals surface area contributed by atoms with Crippen molar-refractivity contribution in [3.05, 3.63) is 105 Å². The van der Waals surface area contributed by atoms with Crippen molar-refractivity contribution in [3.63, 3.8) is 0 Å². The van der Waals surface area contributed by atoms with Gasteiger partial charge in [-0.3, -0.25) is 0 Å². The van der Waals surface area contributed by atoms with E-state index in [0.717, 1.165) is 24.3 Å². The van der Waals surface area contributed by atoms with E-state index in [-0.39, 0.29) is 10.8 Å². The third-order valence-electron chi connectivity index (χ3n) is 8.95. The van der Waals surface area contributed by atoms with E-state index in [1.807, 2.05) is 0 Å². The smallest absolute Gasteiger partial charge is 0.0565 e. The van der Waals surface area contributed by atoms with Crippen molar-refractivity contribution in [1.82, 2.24) is 0 Å². The zero-order valence-corrected chi connectivity index (χ0v) is 24.5. The van der Waals surface area contributed by atoms with Crippen LogP contribution in [0.2, 0.25) is 0 Å². The van der Waals surface area contributed by atoms with Crippen LogP contribution in [0.15, 0.2) is 82.6 Å². The number of anilines is 2. The standard InChI is InChI=1S/C34H41ClN2/c1-22-12-16-28-26(20-22)33(3,4)30(36(28)7)18-14-24-10-9-11-25(32(24)35)15-19-31-34(5,6)27-21-23(2)13-17-29(27)37(31)8/h12-21,30H,9-11H2,1-8H3. The van der Waals surface area contributed by atoms with Gasteiger partial charge in [-0.05, 0) is 73.6 Å².